The summed E-state index contributed by atoms with van der Waals surface area (Å²) in [5, 5.41) is 3.12. The number of likely N-dealkylation sites (tertiary alicyclic amines) is 1. The zero-order valence-electron chi connectivity index (χ0n) is 15.7. The standard InChI is InChI=1S/C20H23ClN2O5/c1-12-6-7-13(21)10-16(12)22-17(24)11-28-18(25)8-9-23-19(26)14-4-2-3-5-15(14)20(23)27/h6-7,10,14-15H,2-5,8-9,11H2,1H3,(H,22,24). The molecule has 0 bridgehead atoms. The van der Waals surface area contributed by atoms with Crippen molar-refractivity contribution in [3.63, 3.8) is 0 Å². The molecule has 0 spiro atoms. The number of anilines is 1. The highest BCUT2D eigenvalue weighted by Gasteiger charge is 2.47. The fraction of sp³-hybridized carbons (Fsp3) is 0.500. The van der Waals surface area contributed by atoms with Crippen molar-refractivity contribution in [2.75, 3.05) is 18.5 Å². The number of hydrogen-bond donors (Lipinski definition) is 1. The summed E-state index contributed by atoms with van der Waals surface area (Å²) in [4.78, 5) is 49.8. The van der Waals surface area contributed by atoms with E-state index in [9.17, 15) is 19.2 Å². The molecule has 2 aliphatic rings. The van der Waals surface area contributed by atoms with Crippen LogP contribution in [-0.4, -0.2) is 41.7 Å². The molecule has 2 fully saturated rings. The van der Waals surface area contributed by atoms with Gasteiger partial charge in [0, 0.05) is 17.3 Å². The van der Waals surface area contributed by atoms with Crippen LogP contribution in [0.2, 0.25) is 5.02 Å². The van der Waals surface area contributed by atoms with Crippen LogP contribution in [0.25, 0.3) is 0 Å². The minimum absolute atomic E-state index is 0.00147. The Kier molecular flexibility index (Phi) is 6.34. The van der Waals surface area contributed by atoms with Crippen LogP contribution in [0.1, 0.15) is 37.7 Å². The summed E-state index contributed by atoms with van der Waals surface area (Å²) in [5.41, 5.74) is 1.38. The van der Waals surface area contributed by atoms with E-state index in [0.29, 0.717) is 10.7 Å². The van der Waals surface area contributed by atoms with Crippen LogP contribution in [-0.2, 0) is 23.9 Å². The normalized spacial score (nSPS) is 21.4. The number of esters is 1. The lowest BCUT2D eigenvalue weighted by molar-refractivity contribution is -0.148. The van der Waals surface area contributed by atoms with Crippen molar-refractivity contribution < 1.29 is 23.9 Å². The van der Waals surface area contributed by atoms with Crippen LogP contribution in [0.5, 0.6) is 0 Å². The van der Waals surface area contributed by atoms with Crippen molar-refractivity contribution in [3.8, 4) is 0 Å². The van der Waals surface area contributed by atoms with Gasteiger partial charge in [-0.25, -0.2) is 0 Å². The van der Waals surface area contributed by atoms with E-state index < -0.39 is 18.5 Å². The molecule has 2 atom stereocenters. The van der Waals surface area contributed by atoms with Gasteiger partial charge in [-0.2, -0.15) is 0 Å². The first kappa shape index (κ1) is 20.3. The van der Waals surface area contributed by atoms with Gasteiger partial charge in [0.1, 0.15) is 0 Å². The number of amides is 3. The predicted molar refractivity (Wildman–Crippen MR) is 103 cm³/mol. The van der Waals surface area contributed by atoms with Gasteiger partial charge in [-0.1, -0.05) is 30.5 Å². The summed E-state index contributed by atoms with van der Waals surface area (Å²) in [5.74, 6) is -1.95. The summed E-state index contributed by atoms with van der Waals surface area (Å²) in [6.45, 7) is 1.37. The second-order valence-corrected chi connectivity index (χ2v) is 7.68. The van der Waals surface area contributed by atoms with Crippen LogP contribution in [0.3, 0.4) is 0 Å². The zero-order chi connectivity index (χ0) is 20.3. The summed E-state index contributed by atoms with van der Waals surface area (Å²) in [6.07, 6.45) is 3.26. The molecule has 150 valence electrons. The van der Waals surface area contributed by atoms with E-state index in [1.807, 2.05) is 6.92 Å². The Morgan fingerprint density at radius 3 is 2.46 bits per heavy atom. The molecule has 1 saturated heterocycles. The molecule has 8 heteroatoms. The zero-order valence-corrected chi connectivity index (χ0v) is 16.5. The van der Waals surface area contributed by atoms with E-state index in [-0.39, 0.29) is 36.6 Å². The fourth-order valence-electron chi connectivity index (χ4n) is 3.79. The number of fused-ring (bicyclic) bond motifs is 1. The highest BCUT2D eigenvalue weighted by atomic mass is 35.5. The summed E-state index contributed by atoms with van der Waals surface area (Å²) in [6, 6.07) is 5.09. The van der Waals surface area contributed by atoms with Gasteiger partial charge >= 0.3 is 5.97 Å². The van der Waals surface area contributed by atoms with Crippen molar-refractivity contribution in [2.45, 2.75) is 39.0 Å². The summed E-state index contributed by atoms with van der Waals surface area (Å²) >= 11 is 5.90. The van der Waals surface area contributed by atoms with Crippen molar-refractivity contribution in [1.29, 1.82) is 0 Å². The molecule has 7 nitrogen and oxygen atoms in total. The topological polar surface area (TPSA) is 92.8 Å². The number of ether oxygens (including phenoxy) is 1. The van der Waals surface area contributed by atoms with Gasteiger partial charge < -0.3 is 10.1 Å². The molecule has 1 aliphatic heterocycles. The highest BCUT2D eigenvalue weighted by molar-refractivity contribution is 6.31. The maximum absolute atomic E-state index is 12.4. The van der Waals surface area contributed by atoms with E-state index in [1.165, 1.54) is 4.90 Å². The molecule has 3 amide bonds. The number of rotatable bonds is 6. The number of aryl methyl sites for hydroxylation is 1. The van der Waals surface area contributed by atoms with Crippen molar-refractivity contribution in [3.05, 3.63) is 28.8 Å². The lowest BCUT2D eigenvalue weighted by atomic mass is 9.81. The van der Waals surface area contributed by atoms with Crippen molar-refractivity contribution >= 4 is 41.0 Å². The quantitative estimate of drug-likeness (QED) is 0.579. The Morgan fingerprint density at radius 1 is 1.18 bits per heavy atom. The third-order valence-corrected chi connectivity index (χ3v) is 5.55. The molecule has 1 heterocycles. The molecule has 0 radical (unpaired) electrons. The lowest BCUT2D eigenvalue weighted by Gasteiger charge is -2.19. The SMILES string of the molecule is Cc1ccc(Cl)cc1NC(=O)COC(=O)CCN1C(=O)C2CCCCC2C1=O. The predicted octanol–water partition coefficient (Wildman–Crippen LogP) is 2.70. The number of carbonyl (C=O) groups is 4. The molecule has 1 aromatic rings. The van der Waals surface area contributed by atoms with Crippen LogP contribution >= 0.6 is 11.6 Å². The second kappa shape index (κ2) is 8.73. The van der Waals surface area contributed by atoms with Gasteiger partial charge in [0.2, 0.25) is 11.8 Å². The maximum atomic E-state index is 12.4. The number of benzene rings is 1. The van der Waals surface area contributed by atoms with Crippen LogP contribution in [0, 0.1) is 18.8 Å². The molecule has 28 heavy (non-hydrogen) atoms. The van der Waals surface area contributed by atoms with E-state index >= 15 is 0 Å². The van der Waals surface area contributed by atoms with E-state index in [1.54, 1.807) is 18.2 Å². The van der Waals surface area contributed by atoms with Crippen LogP contribution < -0.4 is 5.32 Å². The number of imide groups is 1. The minimum atomic E-state index is -0.631. The van der Waals surface area contributed by atoms with Gasteiger partial charge in [0.05, 0.1) is 18.3 Å². The minimum Gasteiger partial charge on any atom is -0.456 e. The van der Waals surface area contributed by atoms with Gasteiger partial charge in [-0.05, 0) is 37.5 Å². The Morgan fingerprint density at radius 2 is 1.82 bits per heavy atom. The molecule has 2 unspecified atom stereocenters. The summed E-state index contributed by atoms with van der Waals surface area (Å²) < 4.78 is 4.96. The van der Waals surface area contributed by atoms with Crippen LogP contribution in [0.15, 0.2) is 18.2 Å². The molecule has 1 saturated carbocycles. The maximum Gasteiger partial charge on any atom is 0.308 e. The third-order valence-electron chi connectivity index (χ3n) is 5.31. The Hall–Kier alpha value is -2.41. The lowest BCUT2D eigenvalue weighted by Crippen LogP contribution is -2.33. The number of nitrogens with one attached hydrogen (secondary N) is 1. The number of nitrogens with zero attached hydrogens (tertiary/aromatic N) is 1. The number of hydrogen-bond acceptors (Lipinski definition) is 5. The van der Waals surface area contributed by atoms with Gasteiger partial charge in [0.15, 0.2) is 6.61 Å². The first-order valence-electron chi connectivity index (χ1n) is 9.43. The van der Waals surface area contributed by atoms with Crippen LogP contribution in [0.4, 0.5) is 5.69 Å². The van der Waals surface area contributed by atoms with E-state index in [4.69, 9.17) is 16.3 Å². The van der Waals surface area contributed by atoms with Gasteiger partial charge in [-0.15, -0.1) is 0 Å². The monoisotopic (exact) mass is 406 g/mol. The molecule has 1 aromatic carbocycles. The molecule has 1 aliphatic carbocycles. The fourth-order valence-corrected chi connectivity index (χ4v) is 3.96. The summed E-state index contributed by atoms with van der Waals surface area (Å²) in [7, 11) is 0. The average molecular weight is 407 g/mol. The number of halogens is 1. The van der Waals surface area contributed by atoms with E-state index in [2.05, 4.69) is 5.32 Å². The Bertz CT molecular complexity index is 786. The largest absolute Gasteiger partial charge is 0.456 e. The third kappa shape index (κ3) is 4.52. The molecule has 0 aromatic heterocycles. The second-order valence-electron chi connectivity index (χ2n) is 7.24. The highest BCUT2D eigenvalue weighted by Crippen LogP contribution is 2.37. The molecular formula is C20H23ClN2O5. The van der Waals surface area contributed by atoms with Gasteiger partial charge in [-0.3, -0.25) is 24.1 Å². The van der Waals surface area contributed by atoms with Crippen molar-refractivity contribution in [2.24, 2.45) is 11.8 Å². The average Bonchev–Trinajstić information content (AvgIpc) is 2.92. The van der Waals surface area contributed by atoms with E-state index in [0.717, 1.165) is 31.2 Å². The number of carbonyl (C=O) groups excluding carboxylic acids is 4. The molecular weight excluding hydrogens is 384 g/mol. The first-order valence-corrected chi connectivity index (χ1v) is 9.81. The molecule has 3 rings (SSSR count). The van der Waals surface area contributed by atoms with Crippen molar-refractivity contribution in [1.82, 2.24) is 4.90 Å². The first-order chi connectivity index (χ1) is 13.4. The Balaban J connectivity index is 1.44. The Labute approximate surface area is 168 Å². The molecule has 1 N–H and O–H groups in total. The van der Waals surface area contributed by atoms with Gasteiger partial charge in [0.25, 0.3) is 5.91 Å². The smallest absolute Gasteiger partial charge is 0.308 e.